The van der Waals surface area contributed by atoms with Gasteiger partial charge in [0.05, 0.1) is 28.2 Å². The fraction of sp³-hybridized carbons (Fsp3) is 0.270. The lowest BCUT2D eigenvalue weighted by atomic mass is 9.81. The molecule has 0 saturated carbocycles. The van der Waals surface area contributed by atoms with Gasteiger partial charge in [0.15, 0.2) is 0 Å². The smallest absolute Gasteiger partial charge is 0.457 e. The second-order valence-corrected chi connectivity index (χ2v) is 25.4. The molecule has 0 unspecified atom stereocenters. The number of rotatable bonds is 12. The summed E-state index contributed by atoms with van der Waals surface area (Å²) in [5, 5.41) is 2.24. The van der Waals surface area contributed by atoms with Crippen molar-refractivity contribution >= 4 is 50.6 Å². The van der Waals surface area contributed by atoms with E-state index in [1.165, 1.54) is 45.5 Å². The van der Waals surface area contributed by atoms with E-state index in [9.17, 15) is 0 Å². The van der Waals surface area contributed by atoms with Crippen LogP contribution in [0.5, 0.6) is 11.5 Å². The molecule has 5 nitrogen and oxygen atoms in total. The van der Waals surface area contributed by atoms with Crippen molar-refractivity contribution in [3.05, 3.63) is 215 Å². The topological polar surface area (TPSA) is 33.1 Å². The zero-order valence-electron chi connectivity index (χ0n) is 49.4. The Morgan fingerprint density at radius 1 is 0.481 bits per heavy atom. The van der Waals surface area contributed by atoms with Crippen LogP contribution in [0.4, 0.5) is 31.5 Å². The highest BCUT2D eigenvalue weighted by molar-refractivity contribution is 6.09. The predicted molar refractivity (Wildman–Crippen MR) is 336 cm³/mol. The third-order valence-electron chi connectivity index (χ3n) is 16.1. The number of hydrogen-bond acceptors (Lipinski definition) is 2. The molecule has 0 radical (unpaired) electrons. The van der Waals surface area contributed by atoms with Crippen LogP contribution in [0, 0.1) is 11.6 Å². The number of hydrogen-bond donors (Lipinski definition) is 0. The summed E-state index contributed by atoms with van der Waals surface area (Å²) in [5.41, 5.74) is 17.5. The fourth-order valence-electron chi connectivity index (χ4n) is 11.6. The van der Waals surface area contributed by atoms with Crippen LogP contribution in [-0.2, 0) is 10.8 Å². The summed E-state index contributed by atoms with van der Waals surface area (Å²) in [6.07, 6.45) is 1.91. The van der Waals surface area contributed by atoms with Gasteiger partial charge in [-0.2, -0.15) is 0 Å². The molecule has 81 heavy (non-hydrogen) atoms. The SMILES string of the molecule is CC(C)c1cc(-c2cc(C(C)(C)C)cc(-c3cc(F)cc(F)c3)c2[N+]2=C=[N+](c3cc(Oc4ccc5c6ccccc6n(-c6cc(C(C)(C)C)ccn6)c5c4)cc(-c4c(C(C)C)cccc4C(C)C)c3)c3ccccc32)cc(C(C)C)c1. The molecule has 0 aliphatic carbocycles. The first-order valence-electron chi connectivity index (χ1n) is 28.7. The average molecular weight is 1070 g/mol. The maximum absolute atomic E-state index is 15.7. The zero-order chi connectivity index (χ0) is 57.4. The molecule has 0 amide bonds. The van der Waals surface area contributed by atoms with Gasteiger partial charge >= 0.3 is 6.01 Å². The predicted octanol–water partition coefficient (Wildman–Crippen LogP) is 21.2. The number of nitrogens with zero attached hydrogens (tertiary/aromatic N) is 4. The van der Waals surface area contributed by atoms with E-state index in [1.54, 1.807) is 0 Å². The van der Waals surface area contributed by atoms with Gasteiger partial charge in [-0.05, 0) is 160 Å². The van der Waals surface area contributed by atoms with E-state index in [0.717, 1.165) is 78.7 Å². The Labute approximate surface area is 477 Å². The number of benzene rings is 8. The van der Waals surface area contributed by atoms with Crippen molar-refractivity contribution in [2.45, 2.75) is 131 Å². The summed E-state index contributed by atoms with van der Waals surface area (Å²) in [6.45, 7) is 31.2. The summed E-state index contributed by atoms with van der Waals surface area (Å²) < 4.78 is 45.1. The van der Waals surface area contributed by atoms with Gasteiger partial charge in [0.2, 0.25) is 11.4 Å². The van der Waals surface area contributed by atoms with Gasteiger partial charge in [0.25, 0.3) is 11.4 Å². The number of aromatic nitrogens is 2. The van der Waals surface area contributed by atoms with E-state index < -0.39 is 11.6 Å². The molecule has 0 saturated heterocycles. The lowest BCUT2D eigenvalue weighted by molar-refractivity contribution is 0.483. The van der Waals surface area contributed by atoms with Gasteiger partial charge in [-0.25, -0.2) is 13.8 Å². The van der Waals surface area contributed by atoms with Crippen molar-refractivity contribution in [3.8, 4) is 50.7 Å². The number of fused-ring (bicyclic) bond motifs is 4. The van der Waals surface area contributed by atoms with Crippen LogP contribution in [0.1, 0.15) is 154 Å². The van der Waals surface area contributed by atoms with Crippen molar-refractivity contribution in [2.75, 3.05) is 0 Å². The molecule has 408 valence electrons. The summed E-state index contributed by atoms with van der Waals surface area (Å²) in [5.74, 6) is 1.87. The molecule has 3 heterocycles. The highest BCUT2D eigenvalue weighted by Gasteiger charge is 2.41. The van der Waals surface area contributed by atoms with Crippen molar-refractivity contribution in [2.24, 2.45) is 0 Å². The number of para-hydroxylation sites is 3. The molecule has 0 spiro atoms. The van der Waals surface area contributed by atoms with Crippen molar-refractivity contribution in [1.82, 2.24) is 18.7 Å². The summed E-state index contributed by atoms with van der Waals surface area (Å²) in [4.78, 5) is 4.96. The summed E-state index contributed by atoms with van der Waals surface area (Å²) in [6, 6.07) is 59.8. The Morgan fingerprint density at radius 2 is 1.06 bits per heavy atom. The van der Waals surface area contributed by atoms with Gasteiger partial charge in [-0.1, -0.05) is 164 Å². The van der Waals surface area contributed by atoms with Gasteiger partial charge in [0.1, 0.15) is 29.0 Å². The van der Waals surface area contributed by atoms with Crippen LogP contribution in [-0.4, -0.2) is 15.6 Å². The molecule has 10 aromatic rings. The maximum atomic E-state index is 15.7. The lowest BCUT2D eigenvalue weighted by Gasteiger charge is -2.23. The van der Waals surface area contributed by atoms with Crippen LogP contribution in [0.2, 0.25) is 0 Å². The third kappa shape index (κ3) is 10.5. The normalized spacial score (nSPS) is 12.8. The molecule has 0 fully saturated rings. The van der Waals surface area contributed by atoms with E-state index >= 15 is 8.78 Å². The standard InChI is InChI=1S/C74H74F2N4O/c1-44(2)48-30-49(45(3)4)32-50(31-48)64-37-54(74(12,13)14)38-65(51-33-55(75)40-56(76)34-51)72(64)79-43-78(67-24-17-18-25-68(67)79)57-35-52(71-60(46(5)6)21-19-22-61(71)47(7)8)36-59(41-57)81-58-26-27-63-62-20-15-16-23-66(62)80(69(63)42-58)70-39-53(28-29-77-70)73(9,10)11/h15-42,44-47H,1-14H3/q+2. The van der Waals surface area contributed by atoms with Crippen molar-refractivity contribution in [3.63, 3.8) is 0 Å². The van der Waals surface area contributed by atoms with E-state index in [-0.39, 0.29) is 34.5 Å². The molecule has 0 N–H and O–H groups in total. The van der Waals surface area contributed by atoms with Crippen molar-refractivity contribution < 1.29 is 13.5 Å². The van der Waals surface area contributed by atoms with E-state index in [0.29, 0.717) is 22.6 Å². The number of halogens is 2. The zero-order valence-corrected chi connectivity index (χ0v) is 49.4. The second kappa shape index (κ2) is 21.0. The Morgan fingerprint density at radius 3 is 1.67 bits per heavy atom. The van der Waals surface area contributed by atoms with Crippen LogP contribution in [0.25, 0.3) is 61.0 Å². The molecular formula is C74H74F2N4O+2. The van der Waals surface area contributed by atoms with E-state index in [4.69, 9.17) is 9.72 Å². The highest BCUT2D eigenvalue weighted by Crippen LogP contribution is 2.49. The monoisotopic (exact) mass is 1070 g/mol. The minimum atomic E-state index is -0.641. The molecule has 7 heteroatoms. The van der Waals surface area contributed by atoms with Gasteiger partial charge in [0, 0.05) is 47.3 Å². The van der Waals surface area contributed by atoms with Gasteiger partial charge < -0.3 is 4.74 Å². The highest BCUT2D eigenvalue weighted by atomic mass is 19.1. The average Bonchev–Trinajstić information content (AvgIpc) is 4.24. The third-order valence-corrected chi connectivity index (χ3v) is 16.1. The lowest BCUT2D eigenvalue weighted by Crippen LogP contribution is -2.13. The second-order valence-electron chi connectivity index (χ2n) is 25.4. The maximum Gasteiger partial charge on any atom is 0.503 e. The molecule has 2 aromatic heterocycles. The number of pyridine rings is 1. The van der Waals surface area contributed by atoms with Crippen LogP contribution >= 0.6 is 0 Å². The summed E-state index contributed by atoms with van der Waals surface area (Å²) in [7, 11) is 0. The van der Waals surface area contributed by atoms with Crippen LogP contribution in [0.15, 0.2) is 170 Å². The first kappa shape index (κ1) is 54.7. The fourth-order valence-corrected chi connectivity index (χ4v) is 11.6. The number of ether oxygens (including phenoxy) is 1. The van der Waals surface area contributed by atoms with E-state index in [1.807, 2.05) is 12.3 Å². The van der Waals surface area contributed by atoms with Crippen molar-refractivity contribution in [1.29, 1.82) is 0 Å². The first-order chi connectivity index (χ1) is 38.5. The Balaban J connectivity index is 1.20. The largest absolute Gasteiger partial charge is 0.503 e. The molecule has 0 bridgehead atoms. The van der Waals surface area contributed by atoms with Gasteiger partial charge in [-0.15, -0.1) is 0 Å². The Bertz CT molecular complexity index is 4120. The van der Waals surface area contributed by atoms with Crippen LogP contribution < -0.4 is 13.9 Å². The first-order valence-corrected chi connectivity index (χ1v) is 28.7. The minimum Gasteiger partial charge on any atom is -0.457 e. The van der Waals surface area contributed by atoms with Gasteiger partial charge in [-0.3, -0.25) is 4.57 Å². The van der Waals surface area contributed by atoms with E-state index in [2.05, 4.69) is 256 Å². The summed E-state index contributed by atoms with van der Waals surface area (Å²) >= 11 is 0. The minimum absolute atomic E-state index is 0.0715. The molecule has 11 rings (SSSR count). The quantitative estimate of drug-likeness (QED) is 0.114. The Hall–Kier alpha value is -8.25. The molecule has 8 aromatic carbocycles. The van der Waals surface area contributed by atoms with Crippen LogP contribution in [0.3, 0.4) is 0 Å². The Kier molecular flexibility index (Phi) is 14.2. The molecule has 1 aliphatic rings. The molecule has 0 atom stereocenters. The molecule has 1 aliphatic heterocycles. The molecular weight excluding hydrogens is 999 g/mol.